The van der Waals surface area contributed by atoms with E-state index in [1.165, 1.54) is 29.4 Å². The van der Waals surface area contributed by atoms with Crippen molar-refractivity contribution in [2.45, 2.75) is 11.8 Å². The van der Waals surface area contributed by atoms with Crippen molar-refractivity contribution in [3.63, 3.8) is 0 Å². The SMILES string of the molecule is CC(=O)Nc1ccc(NC(=O)C=Cc2ccc(S(=O)(=O)N3CCOCC3)cc2)cc1. The normalized spacial score (nSPS) is 15.1. The number of rotatable bonds is 6. The Labute approximate surface area is 175 Å². The van der Waals surface area contributed by atoms with Gasteiger partial charge < -0.3 is 15.4 Å². The number of morpholine rings is 1. The second-order valence-corrected chi connectivity index (χ2v) is 8.60. The molecule has 2 aromatic carbocycles. The Kier molecular flexibility index (Phi) is 6.99. The summed E-state index contributed by atoms with van der Waals surface area (Å²) in [5.74, 6) is -0.495. The number of sulfonamides is 1. The maximum atomic E-state index is 12.6. The fourth-order valence-corrected chi connectivity index (χ4v) is 4.29. The number of hydrogen-bond donors (Lipinski definition) is 2. The monoisotopic (exact) mass is 429 g/mol. The molecule has 1 aliphatic rings. The summed E-state index contributed by atoms with van der Waals surface area (Å²) in [5.41, 5.74) is 1.93. The van der Waals surface area contributed by atoms with E-state index in [1.807, 2.05) is 0 Å². The molecule has 1 heterocycles. The molecule has 2 aromatic rings. The molecule has 0 aromatic heterocycles. The van der Waals surface area contributed by atoms with Gasteiger partial charge in [0, 0.05) is 37.5 Å². The highest BCUT2D eigenvalue weighted by molar-refractivity contribution is 7.89. The maximum absolute atomic E-state index is 12.6. The highest BCUT2D eigenvalue weighted by Crippen LogP contribution is 2.18. The molecule has 1 fully saturated rings. The van der Waals surface area contributed by atoms with Crippen LogP contribution in [0.5, 0.6) is 0 Å². The summed E-state index contributed by atoms with van der Waals surface area (Å²) in [6.07, 6.45) is 2.97. The van der Waals surface area contributed by atoms with E-state index in [9.17, 15) is 18.0 Å². The van der Waals surface area contributed by atoms with Gasteiger partial charge in [-0.15, -0.1) is 0 Å². The van der Waals surface area contributed by atoms with Gasteiger partial charge in [-0.2, -0.15) is 4.31 Å². The number of nitrogens with zero attached hydrogens (tertiary/aromatic N) is 1. The van der Waals surface area contributed by atoms with Crippen molar-refractivity contribution in [1.82, 2.24) is 4.31 Å². The van der Waals surface area contributed by atoms with Crippen LogP contribution in [0.1, 0.15) is 12.5 Å². The Morgan fingerprint density at radius 3 is 2.07 bits per heavy atom. The van der Waals surface area contributed by atoms with Gasteiger partial charge in [-0.1, -0.05) is 12.1 Å². The molecule has 0 aliphatic carbocycles. The number of nitrogens with one attached hydrogen (secondary N) is 2. The van der Waals surface area contributed by atoms with Gasteiger partial charge in [-0.05, 0) is 48.0 Å². The number of amides is 2. The Hall–Kier alpha value is -3.01. The number of carbonyl (C=O) groups is 2. The molecule has 2 N–H and O–H groups in total. The Morgan fingerprint density at radius 2 is 1.50 bits per heavy atom. The molecule has 8 nitrogen and oxygen atoms in total. The lowest BCUT2D eigenvalue weighted by Crippen LogP contribution is -2.40. The predicted molar refractivity (Wildman–Crippen MR) is 114 cm³/mol. The molecule has 30 heavy (non-hydrogen) atoms. The summed E-state index contributed by atoms with van der Waals surface area (Å²) in [5, 5.41) is 5.37. The first-order valence-corrected chi connectivity index (χ1v) is 10.8. The van der Waals surface area contributed by atoms with E-state index in [4.69, 9.17) is 4.74 Å². The number of carbonyl (C=O) groups excluding carboxylic acids is 2. The topological polar surface area (TPSA) is 105 Å². The van der Waals surface area contributed by atoms with Crippen LogP contribution in [0.4, 0.5) is 11.4 Å². The van der Waals surface area contributed by atoms with Crippen LogP contribution in [0.25, 0.3) is 6.08 Å². The standard InChI is InChI=1S/C21H23N3O5S/c1-16(25)22-18-5-7-19(8-6-18)23-21(26)11-4-17-2-9-20(10-3-17)30(27,28)24-12-14-29-15-13-24/h2-11H,12-15H2,1H3,(H,22,25)(H,23,26). The first kappa shape index (κ1) is 21.7. The van der Waals surface area contributed by atoms with Crippen LogP contribution in [0.3, 0.4) is 0 Å². The molecule has 0 atom stereocenters. The van der Waals surface area contributed by atoms with Gasteiger partial charge in [0.05, 0.1) is 18.1 Å². The van der Waals surface area contributed by atoms with Crippen LogP contribution in [0.15, 0.2) is 59.5 Å². The van der Waals surface area contributed by atoms with E-state index in [-0.39, 0.29) is 16.7 Å². The lowest BCUT2D eigenvalue weighted by atomic mass is 10.2. The number of ether oxygens (including phenoxy) is 1. The van der Waals surface area contributed by atoms with Gasteiger partial charge >= 0.3 is 0 Å². The zero-order valence-electron chi connectivity index (χ0n) is 16.5. The smallest absolute Gasteiger partial charge is 0.248 e. The Morgan fingerprint density at radius 1 is 0.933 bits per heavy atom. The zero-order valence-corrected chi connectivity index (χ0v) is 17.3. The van der Waals surface area contributed by atoms with Gasteiger partial charge in [0.1, 0.15) is 0 Å². The highest BCUT2D eigenvalue weighted by atomic mass is 32.2. The quantitative estimate of drug-likeness (QED) is 0.686. The average Bonchev–Trinajstić information content (AvgIpc) is 2.74. The maximum Gasteiger partial charge on any atom is 0.248 e. The summed E-state index contributed by atoms with van der Waals surface area (Å²) in [4.78, 5) is 23.3. The molecule has 1 aliphatic heterocycles. The summed E-state index contributed by atoms with van der Waals surface area (Å²) < 4.78 is 31.8. The van der Waals surface area contributed by atoms with Crippen LogP contribution < -0.4 is 10.6 Å². The third-order valence-corrected chi connectivity index (χ3v) is 6.30. The van der Waals surface area contributed by atoms with E-state index in [1.54, 1.807) is 42.5 Å². The van der Waals surface area contributed by atoms with Crippen LogP contribution in [0.2, 0.25) is 0 Å². The third kappa shape index (κ3) is 5.76. The van der Waals surface area contributed by atoms with E-state index < -0.39 is 10.0 Å². The van der Waals surface area contributed by atoms with E-state index in [2.05, 4.69) is 10.6 Å². The fourth-order valence-electron chi connectivity index (χ4n) is 2.88. The summed E-state index contributed by atoms with van der Waals surface area (Å²) >= 11 is 0. The zero-order chi connectivity index (χ0) is 21.6. The summed E-state index contributed by atoms with van der Waals surface area (Å²) in [6.45, 7) is 2.90. The predicted octanol–water partition coefficient (Wildman–Crippen LogP) is 2.32. The van der Waals surface area contributed by atoms with E-state index in [0.717, 1.165) is 0 Å². The minimum atomic E-state index is -3.54. The molecule has 9 heteroatoms. The van der Waals surface area contributed by atoms with Crippen LogP contribution in [-0.2, 0) is 24.3 Å². The summed E-state index contributed by atoms with van der Waals surface area (Å²) in [6, 6.07) is 13.1. The minimum Gasteiger partial charge on any atom is -0.379 e. The fraction of sp³-hybridized carbons (Fsp3) is 0.238. The molecule has 3 rings (SSSR count). The molecule has 0 bridgehead atoms. The van der Waals surface area contributed by atoms with Crippen LogP contribution in [-0.4, -0.2) is 50.8 Å². The van der Waals surface area contributed by atoms with Gasteiger partial charge in [-0.3, -0.25) is 9.59 Å². The van der Waals surface area contributed by atoms with Gasteiger partial charge in [0.2, 0.25) is 21.8 Å². The Bertz CT molecular complexity index is 1030. The highest BCUT2D eigenvalue weighted by Gasteiger charge is 2.25. The molecule has 158 valence electrons. The van der Waals surface area contributed by atoms with Crippen molar-refractivity contribution < 1.29 is 22.7 Å². The molecular weight excluding hydrogens is 406 g/mol. The van der Waals surface area contributed by atoms with Crippen molar-refractivity contribution in [3.05, 3.63) is 60.2 Å². The van der Waals surface area contributed by atoms with Crippen molar-refractivity contribution in [3.8, 4) is 0 Å². The molecule has 2 amide bonds. The first-order valence-electron chi connectivity index (χ1n) is 9.39. The molecule has 1 saturated heterocycles. The number of benzene rings is 2. The van der Waals surface area contributed by atoms with Crippen LogP contribution >= 0.6 is 0 Å². The molecule has 0 unspecified atom stereocenters. The molecule has 0 radical (unpaired) electrons. The van der Waals surface area contributed by atoms with E-state index in [0.29, 0.717) is 43.2 Å². The number of hydrogen-bond acceptors (Lipinski definition) is 5. The van der Waals surface area contributed by atoms with Crippen molar-refractivity contribution in [1.29, 1.82) is 0 Å². The second-order valence-electron chi connectivity index (χ2n) is 6.67. The van der Waals surface area contributed by atoms with Crippen LogP contribution in [0, 0.1) is 0 Å². The molecule has 0 spiro atoms. The molecular formula is C21H23N3O5S. The van der Waals surface area contributed by atoms with Gasteiger partial charge in [-0.25, -0.2) is 8.42 Å². The largest absolute Gasteiger partial charge is 0.379 e. The Balaban J connectivity index is 1.59. The molecule has 0 saturated carbocycles. The number of anilines is 2. The average molecular weight is 429 g/mol. The second kappa shape index (κ2) is 9.66. The lowest BCUT2D eigenvalue weighted by molar-refractivity contribution is -0.114. The van der Waals surface area contributed by atoms with Crippen molar-refractivity contribution in [2.24, 2.45) is 0 Å². The minimum absolute atomic E-state index is 0.168. The van der Waals surface area contributed by atoms with Crippen molar-refractivity contribution >= 4 is 39.3 Å². The third-order valence-electron chi connectivity index (χ3n) is 4.39. The summed E-state index contributed by atoms with van der Waals surface area (Å²) in [7, 11) is -3.54. The van der Waals surface area contributed by atoms with Crippen molar-refractivity contribution in [2.75, 3.05) is 36.9 Å². The van der Waals surface area contributed by atoms with E-state index >= 15 is 0 Å². The lowest BCUT2D eigenvalue weighted by Gasteiger charge is -2.26. The van der Waals surface area contributed by atoms with Gasteiger partial charge in [0.25, 0.3) is 0 Å². The first-order chi connectivity index (χ1) is 14.3. The van der Waals surface area contributed by atoms with Gasteiger partial charge in [0.15, 0.2) is 0 Å².